The highest BCUT2D eigenvalue weighted by Gasteiger charge is 2.03. The van der Waals surface area contributed by atoms with Crippen molar-refractivity contribution in [1.82, 2.24) is 0 Å². The van der Waals surface area contributed by atoms with E-state index in [1.54, 1.807) is 36.0 Å². The van der Waals surface area contributed by atoms with Gasteiger partial charge in [0.1, 0.15) is 5.75 Å². The van der Waals surface area contributed by atoms with Gasteiger partial charge in [-0.1, -0.05) is 30.2 Å². The maximum atomic E-state index is 11.8. The zero-order valence-electron chi connectivity index (χ0n) is 12.8. The summed E-state index contributed by atoms with van der Waals surface area (Å²) in [6.07, 6.45) is 3.44. The maximum Gasteiger partial charge on any atom is 0.224 e. The van der Waals surface area contributed by atoms with Gasteiger partial charge in [0.05, 0.1) is 0 Å². The Kier molecular flexibility index (Phi) is 7.30. The van der Waals surface area contributed by atoms with Crippen LogP contribution < -0.4 is 5.32 Å². The highest BCUT2D eigenvalue weighted by molar-refractivity contribution is 7.99. The number of aromatic hydroxyl groups is 1. The molecular weight excluding hydrogens is 330 g/mol. The molecule has 0 saturated carbocycles. The van der Waals surface area contributed by atoms with Crippen LogP contribution in [0.5, 0.6) is 5.75 Å². The van der Waals surface area contributed by atoms with Gasteiger partial charge in [-0.25, -0.2) is 0 Å². The predicted octanol–water partition coefficient (Wildman–Crippen LogP) is 5.34. The van der Waals surface area contributed by atoms with Crippen LogP contribution in [-0.2, 0) is 4.79 Å². The van der Waals surface area contributed by atoms with Gasteiger partial charge in [0.15, 0.2) is 0 Å². The van der Waals surface area contributed by atoms with Crippen molar-refractivity contribution in [2.24, 2.45) is 0 Å². The smallest absolute Gasteiger partial charge is 0.224 e. The van der Waals surface area contributed by atoms with Gasteiger partial charge in [0.2, 0.25) is 5.91 Å². The molecule has 3 nitrogen and oxygen atoms in total. The standard InChI is InChI=1S/C18H20ClNO2S/c19-14-6-4-9-17(12-14)23-11-3-1-2-10-18(22)20-15-7-5-8-16(21)13-15/h4-9,12-13,21H,1-3,10-11H2,(H,20,22). The number of carbonyl (C=O) groups excluding carboxylic acids is 1. The molecule has 1 amide bonds. The molecule has 0 heterocycles. The number of thioether (sulfide) groups is 1. The van der Waals surface area contributed by atoms with E-state index in [0.717, 1.165) is 30.0 Å². The van der Waals surface area contributed by atoms with E-state index in [4.69, 9.17) is 11.6 Å². The molecule has 2 rings (SSSR count). The highest BCUT2D eigenvalue weighted by Crippen LogP contribution is 2.23. The summed E-state index contributed by atoms with van der Waals surface area (Å²) in [5, 5.41) is 12.9. The summed E-state index contributed by atoms with van der Waals surface area (Å²) in [6, 6.07) is 14.4. The van der Waals surface area contributed by atoms with Gasteiger partial charge in [0.25, 0.3) is 0 Å². The Balaban J connectivity index is 1.57. The number of phenols is 1. The van der Waals surface area contributed by atoms with Crippen molar-refractivity contribution in [1.29, 1.82) is 0 Å². The third-order valence-corrected chi connectivity index (χ3v) is 4.56. The van der Waals surface area contributed by atoms with Crippen LogP contribution in [0.1, 0.15) is 25.7 Å². The number of carbonyl (C=O) groups is 1. The second-order valence-corrected chi connectivity index (χ2v) is 6.82. The summed E-state index contributed by atoms with van der Waals surface area (Å²) in [7, 11) is 0. The van der Waals surface area contributed by atoms with Gasteiger partial charge >= 0.3 is 0 Å². The third-order valence-electron chi connectivity index (χ3n) is 3.24. The molecule has 0 aliphatic rings. The van der Waals surface area contributed by atoms with E-state index < -0.39 is 0 Å². The van der Waals surface area contributed by atoms with E-state index in [0.29, 0.717) is 12.1 Å². The highest BCUT2D eigenvalue weighted by atomic mass is 35.5. The summed E-state index contributed by atoms with van der Waals surface area (Å²) >= 11 is 7.73. The van der Waals surface area contributed by atoms with Gasteiger partial charge in [-0.3, -0.25) is 4.79 Å². The lowest BCUT2D eigenvalue weighted by atomic mass is 10.2. The van der Waals surface area contributed by atoms with E-state index in [1.165, 1.54) is 4.90 Å². The van der Waals surface area contributed by atoms with Gasteiger partial charge in [-0.2, -0.15) is 0 Å². The molecule has 0 aromatic heterocycles. The Morgan fingerprint density at radius 1 is 1.09 bits per heavy atom. The Morgan fingerprint density at radius 2 is 1.91 bits per heavy atom. The van der Waals surface area contributed by atoms with Crippen LogP contribution in [0, 0.1) is 0 Å². The first-order chi connectivity index (χ1) is 11.1. The summed E-state index contributed by atoms with van der Waals surface area (Å²) in [5.74, 6) is 1.16. The minimum absolute atomic E-state index is 0.0157. The number of halogens is 1. The van der Waals surface area contributed by atoms with Crippen LogP contribution in [0.4, 0.5) is 5.69 Å². The van der Waals surface area contributed by atoms with Gasteiger partial charge < -0.3 is 10.4 Å². The number of hydrogen-bond acceptors (Lipinski definition) is 3. The van der Waals surface area contributed by atoms with Gasteiger partial charge in [0, 0.05) is 28.1 Å². The van der Waals surface area contributed by atoms with E-state index >= 15 is 0 Å². The van der Waals surface area contributed by atoms with Crippen molar-refractivity contribution >= 4 is 35.0 Å². The zero-order chi connectivity index (χ0) is 16.5. The van der Waals surface area contributed by atoms with Gasteiger partial charge in [-0.05, 0) is 48.9 Å². The number of rotatable bonds is 8. The second kappa shape index (κ2) is 9.48. The van der Waals surface area contributed by atoms with Crippen LogP contribution in [0.15, 0.2) is 53.4 Å². The molecule has 0 bridgehead atoms. The molecule has 0 saturated heterocycles. The van der Waals surface area contributed by atoms with E-state index in [1.807, 2.05) is 18.2 Å². The lowest BCUT2D eigenvalue weighted by molar-refractivity contribution is -0.116. The monoisotopic (exact) mass is 349 g/mol. The van der Waals surface area contributed by atoms with Crippen molar-refractivity contribution in [2.45, 2.75) is 30.6 Å². The fourth-order valence-electron chi connectivity index (χ4n) is 2.12. The van der Waals surface area contributed by atoms with Crippen LogP contribution in [0.3, 0.4) is 0 Å². The fraction of sp³-hybridized carbons (Fsp3) is 0.278. The zero-order valence-corrected chi connectivity index (χ0v) is 14.4. The molecule has 5 heteroatoms. The number of hydrogen-bond donors (Lipinski definition) is 2. The molecule has 0 unspecified atom stereocenters. The molecule has 2 aromatic carbocycles. The number of phenolic OH excluding ortho intramolecular Hbond substituents is 1. The molecule has 0 fully saturated rings. The van der Waals surface area contributed by atoms with Crippen molar-refractivity contribution < 1.29 is 9.90 Å². The van der Waals surface area contributed by atoms with E-state index in [9.17, 15) is 9.90 Å². The molecule has 0 aliphatic heterocycles. The summed E-state index contributed by atoms with van der Waals surface area (Å²) in [6.45, 7) is 0. The number of anilines is 1. The van der Waals surface area contributed by atoms with Crippen molar-refractivity contribution in [2.75, 3.05) is 11.1 Å². The van der Waals surface area contributed by atoms with E-state index in [-0.39, 0.29) is 11.7 Å². The molecular formula is C18H20ClNO2S. The third kappa shape index (κ3) is 6.97. The Bertz CT molecular complexity index is 648. The normalized spacial score (nSPS) is 10.5. The Labute approximate surface area is 146 Å². The van der Waals surface area contributed by atoms with Crippen molar-refractivity contribution in [3.8, 4) is 5.75 Å². The maximum absolute atomic E-state index is 11.8. The summed E-state index contributed by atoms with van der Waals surface area (Å²) in [4.78, 5) is 13.0. The molecule has 0 atom stereocenters. The molecule has 23 heavy (non-hydrogen) atoms. The second-order valence-electron chi connectivity index (χ2n) is 5.22. The van der Waals surface area contributed by atoms with Crippen molar-refractivity contribution in [3.05, 3.63) is 53.6 Å². The summed E-state index contributed by atoms with van der Waals surface area (Å²) in [5.41, 5.74) is 0.631. The molecule has 0 aliphatic carbocycles. The fourth-order valence-corrected chi connectivity index (χ4v) is 3.34. The van der Waals surface area contributed by atoms with Crippen LogP contribution in [0.2, 0.25) is 5.02 Å². The first-order valence-corrected chi connectivity index (χ1v) is 8.97. The molecule has 0 radical (unpaired) electrons. The average molecular weight is 350 g/mol. The Hall–Kier alpha value is -1.65. The minimum Gasteiger partial charge on any atom is -0.508 e. The predicted molar refractivity (Wildman–Crippen MR) is 97.4 cm³/mol. The van der Waals surface area contributed by atoms with Crippen LogP contribution >= 0.6 is 23.4 Å². The molecule has 122 valence electrons. The topological polar surface area (TPSA) is 49.3 Å². The van der Waals surface area contributed by atoms with Crippen molar-refractivity contribution in [3.63, 3.8) is 0 Å². The average Bonchev–Trinajstić information content (AvgIpc) is 2.51. The first kappa shape index (κ1) is 17.7. The number of nitrogens with one attached hydrogen (secondary N) is 1. The number of amides is 1. The quantitative estimate of drug-likeness (QED) is 0.499. The SMILES string of the molecule is O=C(CCCCCSc1cccc(Cl)c1)Nc1cccc(O)c1. The lowest BCUT2D eigenvalue weighted by Gasteiger charge is -2.06. The van der Waals surface area contributed by atoms with Gasteiger partial charge in [-0.15, -0.1) is 11.8 Å². The first-order valence-electron chi connectivity index (χ1n) is 7.61. The molecule has 2 aromatic rings. The molecule has 2 N–H and O–H groups in total. The lowest BCUT2D eigenvalue weighted by Crippen LogP contribution is -2.10. The number of benzene rings is 2. The van der Waals surface area contributed by atoms with Crippen LogP contribution in [0.25, 0.3) is 0 Å². The largest absolute Gasteiger partial charge is 0.508 e. The minimum atomic E-state index is -0.0157. The summed E-state index contributed by atoms with van der Waals surface area (Å²) < 4.78 is 0. The number of unbranched alkanes of at least 4 members (excludes halogenated alkanes) is 2. The van der Waals surface area contributed by atoms with E-state index in [2.05, 4.69) is 11.4 Å². The van der Waals surface area contributed by atoms with Crippen LogP contribution in [-0.4, -0.2) is 16.8 Å². The Morgan fingerprint density at radius 3 is 2.70 bits per heavy atom. The molecule has 0 spiro atoms.